The van der Waals surface area contributed by atoms with Gasteiger partial charge in [0.1, 0.15) is 0 Å². The van der Waals surface area contributed by atoms with Crippen molar-refractivity contribution >= 4 is 32.7 Å². The minimum atomic E-state index is -0.799. The molecule has 0 radical (unpaired) electrons. The molecule has 0 aliphatic carbocycles. The molecule has 0 saturated carbocycles. The number of hydrogen-bond acceptors (Lipinski definition) is 6. The number of carbonyl (C=O) groups excluding carboxylic acids is 1. The largest absolute Gasteiger partial charge is 0.505 e. The summed E-state index contributed by atoms with van der Waals surface area (Å²) < 4.78 is 17.3. The molecule has 2 aromatic carbocycles. The van der Waals surface area contributed by atoms with Gasteiger partial charge in [-0.1, -0.05) is 22.0 Å². The van der Waals surface area contributed by atoms with Crippen molar-refractivity contribution in [2.75, 3.05) is 13.9 Å². The maximum Gasteiger partial charge on any atom is 0.358 e. The van der Waals surface area contributed by atoms with Crippen LogP contribution in [0.25, 0.3) is 10.8 Å². The molecule has 8 heteroatoms. The Balaban J connectivity index is 1.93. The van der Waals surface area contributed by atoms with Crippen LogP contribution in [0, 0.1) is 0 Å². The standard InChI is InChI=1S/C19H14BrNO6/c1-25-19(24)16-17(22)13-7-11(20)3-4-12(13)18(23)21(16)8-10-2-5-14-15(6-10)27-9-26-14/h2-7,22H,8-9H2,1H3. The van der Waals surface area contributed by atoms with E-state index in [1.807, 2.05) is 0 Å². The summed E-state index contributed by atoms with van der Waals surface area (Å²) >= 11 is 3.31. The number of esters is 1. The zero-order valence-electron chi connectivity index (χ0n) is 14.2. The number of methoxy groups -OCH3 is 1. The van der Waals surface area contributed by atoms with E-state index in [-0.39, 0.29) is 30.2 Å². The minimum absolute atomic E-state index is 0.0550. The van der Waals surface area contributed by atoms with Crippen LogP contribution in [0.4, 0.5) is 0 Å². The molecule has 138 valence electrons. The Bertz CT molecular complexity index is 1140. The Morgan fingerprint density at radius 1 is 1.19 bits per heavy atom. The molecule has 3 aromatic rings. The zero-order chi connectivity index (χ0) is 19.1. The van der Waals surface area contributed by atoms with Gasteiger partial charge in [-0.2, -0.15) is 0 Å². The molecule has 1 aromatic heterocycles. The van der Waals surface area contributed by atoms with E-state index >= 15 is 0 Å². The van der Waals surface area contributed by atoms with Gasteiger partial charge in [-0.25, -0.2) is 4.79 Å². The maximum absolute atomic E-state index is 13.0. The lowest BCUT2D eigenvalue weighted by molar-refractivity contribution is 0.0584. The molecule has 0 saturated heterocycles. The van der Waals surface area contributed by atoms with E-state index in [4.69, 9.17) is 14.2 Å². The molecular weight excluding hydrogens is 418 g/mol. The Hall–Kier alpha value is -3.00. The van der Waals surface area contributed by atoms with Crippen LogP contribution in [0.2, 0.25) is 0 Å². The van der Waals surface area contributed by atoms with Crippen LogP contribution in [-0.2, 0) is 11.3 Å². The van der Waals surface area contributed by atoms with E-state index in [9.17, 15) is 14.7 Å². The molecule has 27 heavy (non-hydrogen) atoms. The average molecular weight is 432 g/mol. The van der Waals surface area contributed by atoms with Crippen LogP contribution in [-0.4, -0.2) is 29.5 Å². The van der Waals surface area contributed by atoms with E-state index < -0.39 is 11.5 Å². The summed E-state index contributed by atoms with van der Waals surface area (Å²) in [4.78, 5) is 25.4. The molecular formula is C19H14BrNO6. The fraction of sp³-hybridized carbons (Fsp3) is 0.158. The van der Waals surface area contributed by atoms with Crippen molar-refractivity contribution in [3.05, 3.63) is 62.5 Å². The predicted octanol–water partition coefficient (Wildman–Crippen LogP) is 3.03. The molecule has 0 amide bonds. The number of ether oxygens (including phenoxy) is 3. The first kappa shape index (κ1) is 17.4. The molecule has 0 unspecified atom stereocenters. The molecule has 0 fully saturated rings. The highest BCUT2D eigenvalue weighted by Crippen LogP contribution is 2.34. The Morgan fingerprint density at radius 3 is 2.74 bits per heavy atom. The summed E-state index contributed by atoms with van der Waals surface area (Å²) in [5, 5.41) is 11.3. The Labute approximate surface area is 161 Å². The molecule has 1 aliphatic rings. The first-order valence-corrected chi connectivity index (χ1v) is 8.80. The van der Waals surface area contributed by atoms with Gasteiger partial charge in [0.25, 0.3) is 5.56 Å². The van der Waals surface area contributed by atoms with E-state index in [0.717, 1.165) is 0 Å². The number of aromatic hydroxyl groups is 1. The number of hydrogen-bond donors (Lipinski definition) is 1. The predicted molar refractivity (Wildman–Crippen MR) is 101 cm³/mol. The maximum atomic E-state index is 13.0. The number of fused-ring (bicyclic) bond motifs is 2. The van der Waals surface area contributed by atoms with Gasteiger partial charge in [0.05, 0.1) is 19.0 Å². The lowest BCUT2D eigenvalue weighted by Gasteiger charge is -2.15. The lowest BCUT2D eigenvalue weighted by atomic mass is 10.1. The summed E-state index contributed by atoms with van der Waals surface area (Å²) in [5.41, 5.74) is 0.0986. The second-order valence-electron chi connectivity index (χ2n) is 5.96. The van der Waals surface area contributed by atoms with Gasteiger partial charge < -0.3 is 19.3 Å². The first-order chi connectivity index (χ1) is 13.0. The SMILES string of the molecule is COC(=O)c1c(O)c2cc(Br)ccc2c(=O)n1Cc1ccc2c(c1)OCO2. The number of nitrogens with zero attached hydrogens (tertiary/aromatic N) is 1. The summed E-state index contributed by atoms with van der Waals surface area (Å²) in [5.74, 6) is 0.0744. The normalized spacial score (nSPS) is 12.4. The number of carbonyl (C=O) groups is 1. The summed E-state index contributed by atoms with van der Waals surface area (Å²) in [6, 6.07) is 10.1. The van der Waals surface area contributed by atoms with Crippen LogP contribution in [0.5, 0.6) is 17.2 Å². The Kier molecular flexibility index (Phi) is 4.27. The molecule has 0 atom stereocenters. The molecule has 1 N–H and O–H groups in total. The fourth-order valence-corrected chi connectivity index (χ4v) is 3.44. The second-order valence-corrected chi connectivity index (χ2v) is 6.87. The fourth-order valence-electron chi connectivity index (χ4n) is 3.08. The molecule has 0 bridgehead atoms. The summed E-state index contributed by atoms with van der Waals surface area (Å²) in [6.45, 7) is 0.192. The van der Waals surface area contributed by atoms with Gasteiger partial charge in [-0.05, 0) is 35.9 Å². The lowest BCUT2D eigenvalue weighted by Crippen LogP contribution is -2.27. The molecule has 4 rings (SSSR count). The van der Waals surface area contributed by atoms with E-state index in [2.05, 4.69) is 15.9 Å². The minimum Gasteiger partial charge on any atom is -0.505 e. The molecule has 0 spiro atoms. The number of rotatable bonds is 3. The van der Waals surface area contributed by atoms with Crippen molar-refractivity contribution < 1.29 is 24.1 Å². The van der Waals surface area contributed by atoms with E-state index in [0.29, 0.717) is 26.9 Å². The van der Waals surface area contributed by atoms with Gasteiger partial charge in [-0.15, -0.1) is 0 Å². The highest BCUT2D eigenvalue weighted by molar-refractivity contribution is 9.10. The van der Waals surface area contributed by atoms with Gasteiger partial charge in [0, 0.05) is 9.86 Å². The smallest absolute Gasteiger partial charge is 0.358 e. The van der Waals surface area contributed by atoms with Crippen molar-refractivity contribution in [1.82, 2.24) is 4.57 Å². The second kappa shape index (κ2) is 6.62. The van der Waals surface area contributed by atoms with Crippen molar-refractivity contribution in [2.24, 2.45) is 0 Å². The highest BCUT2D eigenvalue weighted by atomic mass is 79.9. The van der Waals surface area contributed by atoms with Gasteiger partial charge in [0.2, 0.25) is 6.79 Å². The first-order valence-electron chi connectivity index (χ1n) is 8.01. The topological polar surface area (TPSA) is 87.0 Å². The van der Waals surface area contributed by atoms with Crippen LogP contribution < -0.4 is 15.0 Å². The van der Waals surface area contributed by atoms with Crippen LogP contribution >= 0.6 is 15.9 Å². The van der Waals surface area contributed by atoms with Gasteiger partial charge >= 0.3 is 5.97 Å². The van der Waals surface area contributed by atoms with Crippen molar-refractivity contribution in [1.29, 1.82) is 0 Å². The molecule has 2 heterocycles. The third kappa shape index (κ3) is 2.91. The summed E-state index contributed by atoms with van der Waals surface area (Å²) in [6.07, 6.45) is 0. The van der Waals surface area contributed by atoms with Gasteiger partial charge in [0.15, 0.2) is 22.9 Å². The Morgan fingerprint density at radius 2 is 1.96 bits per heavy atom. The third-order valence-electron chi connectivity index (χ3n) is 4.36. The number of aromatic nitrogens is 1. The van der Waals surface area contributed by atoms with Crippen LogP contribution in [0.15, 0.2) is 45.7 Å². The zero-order valence-corrected chi connectivity index (χ0v) is 15.8. The molecule has 7 nitrogen and oxygen atoms in total. The van der Waals surface area contributed by atoms with Crippen molar-refractivity contribution in [2.45, 2.75) is 6.54 Å². The average Bonchev–Trinajstić information content (AvgIpc) is 3.13. The summed E-state index contributed by atoms with van der Waals surface area (Å²) in [7, 11) is 1.20. The van der Waals surface area contributed by atoms with E-state index in [1.165, 1.54) is 11.7 Å². The van der Waals surface area contributed by atoms with Gasteiger partial charge in [-0.3, -0.25) is 9.36 Å². The monoisotopic (exact) mass is 431 g/mol. The van der Waals surface area contributed by atoms with E-state index in [1.54, 1.807) is 36.4 Å². The number of halogens is 1. The quantitative estimate of drug-likeness (QED) is 0.641. The van der Waals surface area contributed by atoms with Crippen molar-refractivity contribution in [3.63, 3.8) is 0 Å². The van der Waals surface area contributed by atoms with Crippen LogP contribution in [0.1, 0.15) is 16.1 Å². The highest BCUT2D eigenvalue weighted by Gasteiger charge is 2.23. The third-order valence-corrected chi connectivity index (χ3v) is 4.86. The number of benzene rings is 2. The van der Waals surface area contributed by atoms with Crippen molar-refractivity contribution in [3.8, 4) is 17.2 Å². The number of pyridine rings is 1. The molecule has 1 aliphatic heterocycles. The van der Waals surface area contributed by atoms with Crippen LogP contribution in [0.3, 0.4) is 0 Å².